The van der Waals surface area contributed by atoms with E-state index in [4.69, 9.17) is 29.9 Å². The lowest BCUT2D eigenvalue weighted by atomic mass is 9.91. The summed E-state index contributed by atoms with van der Waals surface area (Å²) in [5.41, 5.74) is 36.9. The topological polar surface area (TPSA) is 97.1 Å². The Kier molecular flexibility index (Phi) is 22.1. The maximum Gasteiger partial charge on any atom is 0.238 e. The summed E-state index contributed by atoms with van der Waals surface area (Å²) < 4.78 is 9.51. The average Bonchev–Trinajstić information content (AvgIpc) is 1.54. The van der Waals surface area contributed by atoms with Crippen molar-refractivity contribution >= 4 is 87.2 Å². The van der Waals surface area contributed by atoms with E-state index in [2.05, 4.69) is 516 Å². The van der Waals surface area contributed by atoms with Gasteiger partial charge in [-0.05, 0) is 190 Å². The van der Waals surface area contributed by atoms with Gasteiger partial charge in [0.25, 0.3) is 0 Å². The van der Waals surface area contributed by atoms with E-state index in [9.17, 15) is 0 Å². The van der Waals surface area contributed by atoms with E-state index < -0.39 is 0 Å². The first-order chi connectivity index (χ1) is 73.4. The molecule has 0 saturated carbocycles. The van der Waals surface area contributed by atoms with Gasteiger partial charge in [0.1, 0.15) is 0 Å². The van der Waals surface area contributed by atoms with Gasteiger partial charge in [0.05, 0.1) is 44.1 Å². The van der Waals surface area contributed by atoms with Crippen molar-refractivity contribution in [2.45, 2.75) is 0 Å². The Balaban J connectivity index is 0.000000146. The molecule has 0 spiro atoms. The zero-order valence-electron chi connectivity index (χ0n) is 80.4. The third kappa shape index (κ3) is 15.9. The molecule has 6 heterocycles. The monoisotopic (exact) mass is 1890 g/mol. The molecule has 0 aliphatic heterocycles. The molecular weight excluding hydrogens is 1800 g/mol. The van der Waals surface area contributed by atoms with Gasteiger partial charge in [-0.1, -0.05) is 467 Å². The lowest BCUT2D eigenvalue weighted by Crippen LogP contribution is -2.07. The Bertz CT molecular complexity index is 9830. The highest BCUT2D eigenvalue weighted by Gasteiger charge is 2.29. The molecule has 10 heteroatoms. The van der Waals surface area contributed by atoms with Gasteiger partial charge >= 0.3 is 0 Å². The van der Waals surface area contributed by atoms with Crippen molar-refractivity contribution in [3.05, 3.63) is 546 Å². The minimum atomic E-state index is 0.539. The normalized spacial score (nSPS) is 11.5. The minimum absolute atomic E-state index is 0.539. The molecule has 6 aromatic heterocycles. The van der Waals surface area contributed by atoms with Crippen LogP contribution in [-0.4, -0.2) is 48.2 Å². The molecule has 0 bridgehead atoms. The van der Waals surface area contributed by atoms with Gasteiger partial charge in [0, 0.05) is 76.7 Å². The molecule has 22 aromatic carbocycles. The van der Waals surface area contributed by atoms with E-state index in [1.807, 2.05) is 48.5 Å². The number of hydrogen-bond acceptors (Lipinski definition) is 6. The SMILES string of the molecule is c1ccc(-c2ccc(-c3nc(-c4ccccc4)nc(-n4c5ccccc5c5ccc6c7ccccc7n(-c7cc(-c8cccc(-c9ccccc9)c8)cc(-c8ccccc8-c8ccccc8)c7)c6c54)n3)cc2)cc1.c1ccc(-c2cccc(-c3cc(-c4cccc(-c5ccccc5)c4)cc(-n4c5ccccc5c5ccc6c7ccccc7n(-c7nc(-c8ccccc8)nc(-c8ccccc8-c8ccccc8)n7)c6c54)c3)c2)cc1. The van der Waals surface area contributed by atoms with Crippen molar-refractivity contribution in [2.24, 2.45) is 0 Å². The first-order valence-corrected chi connectivity index (χ1v) is 50.2. The van der Waals surface area contributed by atoms with E-state index in [1.54, 1.807) is 0 Å². The van der Waals surface area contributed by atoms with Gasteiger partial charge in [0.2, 0.25) is 11.9 Å². The lowest BCUT2D eigenvalue weighted by Gasteiger charge is -2.17. The summed E-state index contributed by atoms with van der Waals surface area (Å²) in [7, 11) is 0. The molecule has 28 aromatic rings. The number of aromatic nitrogens is 10. The predicted molar refractivity (Wildman–Crippen MR) is 613 cm³/mol. The minimum Gasteiger partial charge on any atom is -0.307 e. The van der Waals surface area contributed by atoms with Crippen molar-refractivity contribution in [1.82, 2.24) is 48.2 Å². The Morgan fingerprint density at radius 1 is 0.115 bits per heavy atom. The summed E-state index contributed by atoms with van der Waals surface area (Å²) >= 11 is 0. The van der Waals surface area contributed by atoms with E-state index in [-0.39, 0.29) is 0 Å². The Labute approximate surface area is 855 Å². The average molecular weight is 1890 g/mol. The number of benzene rings is 22. The van der Waals surface area contributed by atoms with Crippen LogP contribution in [0, 0.1) is 0 Å². The molecule has 0 saturated heterocycles. The predicted octanol–water partition coefficient (Wildman–Crippen LogP) is 35.5. The quantitative estimate of drug-likeness (QED) is 0.0849. The number of nitrogens with zero attached hydrogens (tertiary/aromatic N) is 10. The highest BCUT2D eigenvalue weighted by Crippen LogP contribution is 2.49. The number of rotatable bonds is 18. The van der Waals surface area contributed by atoms with Crippen LogP contribution in [0.3, 0.4) is 0 Å². The zero-order valence-corrected chi connectivity index (χ0v) is 80.4. The van der Waals surface area contributed by atoms with Gasteiger partial charge in [-0.3, -0.25) is 9.13 Å². The van der Waals surface area contributed by atoms with Gasteiger partial charge < -0.3 is 9.13 Å². The fourth-order valence-electron chi connectivity index (χ4n) is 21.8. The molecule has 0 atom stereocenters. The molecule has 0 aliphatic carbocycles. The molecule has 0 N–H and O–H groups in total. The largest absolute Gasteiger partial charge is 0.307 e. The number of fused-ring (bicyclic) bond motifs is 14. The van der Waals surface area contributed by atoms with E-state index in [0.717, 1.165) is 188 Å². The molecule has 692 valence electrons. The summed E-state index contributed by atoms with van der Waals surface area (Å²) in [6, 6.07) is 195. The molecule has 0 unspecified atom stereocenters. The van der Waals surface area contributed by atoms with Crippen LogP contribution in [0.2, 0.25) is 0 Å². The summed E-state index contributed by atoms with van der Waals surface area (Å²) in [5, 5.41) is 9.01. The van der Waals surface area contributed by atoms with Crippen LogP contribution in [0.5, 0.6) is 0 Å². The van der Waals surface area contributed by atoms with Crippen LogP contribution in [0.25, 0.3) is 267 Å². The molecule has 10 nitrogen and oxygen atoms in total. The third-order valence-corrected chi connectivity index (χ3v) is 28.7. The summed E-state index contributed by atoms with van der Waals surface area (Å²) in [5.74, 6) is 3.47. The molecule has 0 amide bonds. The number of para-hydroxylation sites is 4. The molecule has 28 rings (SSSR count). The van der Waals surface area contributed by atoms with Gasteiger partial charge in [-0.25, -0.2) is 9.97 Å². The Morgan fingerprint density at radius 3 is 0.676 bits per heavy atom. The van der Waals surface area contributed by atoms with Crippen LogP contribution in [-0.2, 0) is 0 Å². The standard InChI is InChI=1S/2C69H45N5/c1-5-21-46(22-6-1)50-29-19-31-52(41-50)54-43-55(53-32-20-30-51(42-53)47-23-7-2-8-24-47)45-56(44-54)73-63-37-17-15-34-58(63)60-39-40-61-59-35-16-18-38-64(59)74(66(61)65(60)73)69-71-67(49-27-11-4-12-28-49)70-68(72-69)62-36-14-13-33-57(62)48-25-9-3-10-26-48;1-5-20-46(21-6-1)48-36-38-51(39-37-48)68-70-67(50-26-11-4-12-27-50)71-69(72-68)74-64-35-18-16-33-60(64)62-41-40-61-59-32-15-17-34-63(59)73(65(61)66(62)74)56-44-54(53-29-19-28-52(42-53)47-22-7-2-8-23-47)43-55(45-56)58-31-14-13-30-57(58)49-24-9-3-10-25-49/h2*1-45H. The number of hydrogen-bond donors (Lipinski definition) is 0. The maximum absolute atomic E-state index is 5.53. The van der Waals surface area contributed by atoms with Gasteiger partial charge in [-0.2, -0.15) is 19.9 Å². The van der Waals surface area contributed by atoms with Crippen LogP contribution >= 0.6 is 0 Å². The van der Waals surface area contributed by atoms with Crippen molar-refractivity contribution < 1.29 is 0 Å². The fourth-order valence-corrected chi connectivity index (χ4v) is 21.8. The molecule has 0 aliphatic rings. The zero-order chi connectivity index (χ0) is 97.9. The van der Waals surface area contributed by atoms with Crippen LogP contribution in [0.1, 0.15) is 0 Å². The van der Waals surface area contributed by atoms with Crippen molar-refractivity contribution in [3.8, 4) is 180 Å². The second-order valence-corrected chi connectivity index (χ2v) is 37.6. The first kappa shape index (κ1) is 87.1. The van der Waals surface area contributed by atoms with Crippen molar-refractivity contribution in [1.29, 1.82) is 0 Å². The van der Waals surface area contributed by atoms with Crippen LogP contribution < -0.4 is 0 Å². The van der Waals surface area contributed by atoms with Gasteiger partial charge in [-0.15, -0.1) is 0 Å². The second kappa shape index (κ2) is 37.5. The van der Waals surface area contributed by atoms with E-state index in [1.165, 1.54) is 44.5 Å². The Morgan fingerprint density at radius 2 is 0.324 bits per heavy atom. The summed E-state index contributed by atoms with van der Waals surface area (Å²) in [4.78, 5) is 32.3. The van der Waals surface area contributed by atoms with Gasteiger partial charge in [0.15, 0.2) is 23.3 Å². The molecule has 0 radical (unpaired) electrons. The third-order valence-electron chi connectivity index (χ3n) is 28.7. The smallest absolute Gasteiger partial charge is 0.238 e. The van der Waals surface area contributed by atoms with Crippen molar-refractivity contribution in [2.75, 3.05) is 0 Å². The maximum atomic E-state index is 5.53. The second-order valence-electron chi connectivity index (χ2n) is 37.6. The molecule has 148 heavy (non-hydrogen) atoms. The van der Waals surface area contributed by atoms with Crippen LogP contribution in [0.15, 0.2) is 546 Å². The highest BCUT2D eigenvalue weighted by molar-refractivity contribution is 6.26. The molecular formula is C138H90N10. The van der Waals surface area contributed by atoms with E-state index >= 15 is 0 Å². The summed E-state index contributed by atoms with van der Waals surface area (Å²) in [6.45, 7) is 0. The van der Waals surface area contributed by atoms with E-state index in [0.29, 0.717) is 35.2 Å². The highest BCUT2D eigenvalue weighted by atomic mass is 15.2. The Hall–Kier alpha value is -19.9. The lowest BCUT2D eigenvalue weighted by molar-refractivity contribution is 0.953. The fraction of sp³-hybridized carbons (Fsp3) is 0. The van der Waals surface area contributed by atoms with Crippen molar-refractivity contribution in [3.63, 3.8) is 0 Å². The van der Waals surface area contributed by atoms with Crippen LogP contribution in [0.4, 0.5) is 0 Å². The first-order valence-electron chi connectivity index (χ1n) is 50.2. The summed E-state index contributed by atoms with van der Waals surface area (Å²) in [6.07, 6.45) is 0. The molecule has 0 fully saturated rings.